The molecule has 1 fully saturated rings. The number of anilines is 1. The molecule has 1 saturated heterocycles. The third-order valence-electron chi connectivity index (χ3n) is 6.24. The smallest absolute Gasteiger partial charge is 0.265 e. The van der Waals surface area contributed by atoms with Crippen molar-refractivity contribution in [3.63, 3.8) is 0 Å². The van der Waals surface area contributed by atoms with Crippen LogP contribution in [0.1, 0.15) is 21.5 Å². The number of morpholine rings is 1. The van der Waals surface area contributed by atoms with E-state index in [1.165, 1.54) is 25.1 Å². The van der Waals surface area contributed by atoms with Gasteiger partial charge in [0.15, 0.2) is 6.10 Å². The normalized spacial score (nSPS) is 18.4. The molecular weight excluding hydrogens is 458 g/mol. The van der Waals surface area contributed by atoms with Gasteiger partial charge in [0.05, 0.1) is 30.3 Å². The highest BCUT2D eigenvalue weighted by atomic mass is 32.2. The maximum Gasteiger partial charge on any atom is 0.265 e. The summed E-state index contributed by atoms with van der Waals surface area (Å²) in [7, 11) is -0.837. The molecule has 2 aliphatic rings. The first-order valence-corrected chi connectivity index (χ1v) is 12.5. The van der Waals surface area contributed by atoms with E-state index < -0.39 is 22.0 Å². The molecule has 1 unspecified atom stereocenters. The number of amides is 2. The Morgan fingerprint density at radius 1 is 1.06 bits per heavy atom. The van der Waals surface area contributed by atoms with Gasteiger partial charge in [-0.15, -0.1) is 0 Å². The fourth-order valence-electron chi connectivity index (χ4n) is 4.11. The second-order valence-electron chi connectivity index (χ2n) is 8.63. The third-order valence-corrected chi connectivity index (χ3v) is 8.18. The quantitative estimate of drug-likeness (QED) is 0.653. The number of nitrogens with zero attached hydrogens (tertiary/aromatic N) is 3. The number of benzene rings is 2. The number of para-hydroxylation sites is 2. The van der Waals surface area contributed by atoms with Crippen molar-refractivity contribution in [2.75, 3.05) is 51.8 Å². The van der Waals surface area contributed by atoms with E-state index in [0.29, 0.717) is 48.9 Å². The first-order valence-electron chi connectivity index (χ1n) is 11.1. The molecule has 0 radical (unpaired) electrons. The van der Waals surface area contributed by atoms with Gasteiger partial charge < -0.3 is 19.3 Å². The molecule has 0 saturated carbocycles. The molecule has 9 nitrogen and oxygen atoms in total. The van der Waals surface area contributed by atoms with Crippen LogP contribution < -0.4 is 9.64 Å². The van der Waals surface area contributed by atoms with Crippen molar-refractivity contribution in [1.82, 2.24) is 9.21 Å². The zero-order chi connectivity index (χ0) is 24.6. The SMILES string of the molecule is Cc1cc(C(=O)N2CC(C(=O)N3CCOCC3)Oc3ccccc32)cc(S(=O)(=O)N(C)C)c1C. The Balaban J connectivity index is 1.72. The number of carbonyl (C=O) groups is 2. The highest BCUT2D eigenvalue weighted by Gasteiger charge is 2.37. The summed E-state index contributed by atoms with van der Waals surface area (Å²) in [6.07, 6.45) is -0.867. The van der Waals surface area contributed by atoms with Crippen LogP contribution in [-0.4, -0.2) is 82.5 Å². The zero-order valence-electron chi connectivity index (χ0n) is 19.8. The number of fused-ring (bicyclic) bond motifs is 1. The highest BCUT2D eigenvalue weighted by molar-refractivity contribution is 7.89. The summed E-state index contributed by atoms with van der Waals surface area (Å²) in [4.78, 5) is 30.2. The van der Waals surface area contributed by atoms with Gasteiger partial charge in [-0.25, -0.2) is 12.7 Å². The molecule has 10 heteroatoms. The van der Waals surface area contributed by atoms with Gasteiger partial charge in [0.25, 0.3) is 11.8 Å². The second kappa shape index (κ2) is 9.36. The van der Waals surface area contributed by atoms with Crippen LogP contribution in [0.3, 0.4) is 0 Å². The number of hydrogen-bond donors (Lipinski definition) is 0. The minimum absolute atomic E-state index is 0.0225. The van der Waals surface area contributed by atoms with E-state index in [4.69, 9.17) is 9.47 Å². The van der Waals surface area contributed by atoms with Crippen LogP contribution in [0.5, 0.6) is 5.75 Å². The Morgan fingerprint density at radius 2 is 1.74 bits per heavy atom. The number of aryl methyl sites for hydroxylation is 1. The van der Waals surface area contributed by atoms with Gasteiger partial charge in [0.2, 0.25) is 10.0 Å². The Labute approximate surface area is 199 Å². The number of hydrogen-bond acceptors (Lipinski definition) is 6. The molecule has 2 aromatic carbocycles. The van der Waals surface area contributed by atoms with Gasteiger partial charge in [-0.05, 0) is 49.2 Å². The molecule has 1 atom stereocenters. The van der Waals surface area contributed by atoms with Gasteiger partial charge in [-0.2, -0.15) is 0 Å². The van der Waals surface area contributed by atoms with E-state index in [2.05, 4.69) is 0 Å². The topological polar surface area (TPSA) is 96.5 Å². The third kappa shape index (κ3) is 4.40. The molecule has 34 heavy (non-hydrogen) atoms. The minimum atomic E-state index is -3.75. The van der Waals surface area contributed by atoms with Gasteiger partial charge in [-0.3, -0.25) is 9.59 Å². The predicted molar refractivity (Wildman–Crippen MR) is 127 cm³/mol. The first kappa shape index (κ1) is 24.2. The number of rotatable bonds is 4. The van der Waals surface area contributed by atoms with Crippen molar-refractivity contribution in [3.05, 3.63) is 53.1 Å². The number of sulfonamides is 1. The summed E-state index contributed by atoms with van der Waals surface area (Å²) in [5, 5.41) is 0. The predicted octanol–water partition coefficient (Wildman–Crippen LogP) is 1.82. The van der Waals surface area contributed by atoms with Crippen molar-refractivity contribution in [1.29, 1.82) is 0 Å². The first-order chi connectivity index (χ1) is 16.1. The molecule has 0 N–H and O–H groups in total. The van der Waals surface area contributed by atoms with Crippen molar-refractivity contribution in [2.24, 2.45) is 0 Å². The summed E-state index contributed by atoms with van der Waals surface area (Å²) in [5.74, 6) is -0.168. The fraction of sp³-hybridized carbons (Fsp3) is 0.417. The van der Waals surface area contributed by atoms with E-state index in [1.807, 2.05) is 0 Å². The lowest BCUT2D eigenvalue weighted by Gasteiger charge is -2.37. The van der Waals surface area contributed by atoms with Crippen LogP contribution in [-0.2, 0) is 19.6 Å². The molecular formula is C24H29N3O6S. The Bertz CT molecular complexity index is 1220. The van der Waals surface area contributed by atoms with Crippen LogP contribution in [0.4, 0.5) is 5.69 Å². The standard InChI is InChI=1S/C24H29N3O6S/c1-16-13-18(14-22(17(16)2)34(30,31)25(3)4)23(28)27-15-21(24(29)26-9-11-32-12-10-26)33-20-8-6-5-7-19(20)27/h5-8,13-14,21H,9-12,15H2,1-4H3. The van der Waals surface area contributed by atoms with Crippen LogP contribution in [0.15, 0.2) is 41.3 Å². The van der Waals surface area contributed by atoms with Crippen molar-refractivity contribution in [2.45, 2.75) is 24.8 Å². The minimum Gasteiger partial charge on any atom is -0.476 e. The average Bonchev–Trinajstić information content (AvgIpc) is 2.84. The maximum absolute atomic E-state index is 13.7. The Hall–Kier alpha value is -2.95. The van der Waals surface area contributed by atoms with E-state index in [0.717, 1.165) is 4.31 Å². The molecule has 182 valence electrons. The van der Waals surface area contributed by atoms with Crippen LogP contribution in [0.25, 0.3) is 0 Å². The van der Waals surface area contributed by atoms with E-state index in [9.17, 15) is 18.0 Å². The lowest BCUT2D eigenvalue weighted by molar-refractivity contribution is -0.142. The van der Waals surface area contributed by atoms with Crippen LogP contribution in [0, 0.1) is 13.8 Å². The summed E-state index contributed by atoms with van der Waals surface area (Å²) >= 11 is 0. The van der Waals surface area contributed by atoms with Crippen molar-refractivity contribution >= 4 is 27.5 Å². The molecule has 2 heterocycles. The molecule has 0 aromatic heterocycles. The largest absolute Gasteiger partial charge is 0.476 e. The second-order valence-corrected chi connectivity index (χ2v) is 10.8. The molecule has 0 aliphatic carbocycles. The molecule has 2 aliphatic heterocycles. The molecule has 0 spiro atoms. The van der Waals surface area contributed by atoms with Crippen LogP contribution in [0.2, 0.25) is 0 Å². The Morgan fingerprint density at radius 3 is 2.41 bits per heavy atom. The van der Waals surface area contributed by atoms with Gasteiger partial charge in [0, 0.05) is 32.7 Å². The van der Waals surface area contributed by atoms with E-state index in [1.54, 1.807) is 49.1 Å². The summed E-state index contributed by atoms with van der Waals surface area (Å²) in [6, 6.07) is 10.1. The highest BCUT2D eigenvalue weighted by Crippen LogP contribution is 2.35. The lowest BCUT2D eigenvalue weighted by atomic mass is 10.0. The molecule has 2 aromatic rings. The molecule has 2 amide bonds. The fourth-order valence-corrected chi connectivity index (χ4v) is 5.33. The maximum atomic E-state index is 13.7. The van der Waals surface area contributed by atoms with Gasteiger partial charge in [-0.1, -0.05) is 12.1 Å². The lowest BCUT2D eigenvalue weighted by Crippen LogP contribution is -2.54. The molecule has 0 bridgehead atoms. The monoisotopic (exact) mass is 487 g/mol. The number of carbonyl (C=O) groups excluding carboxylic acids is 2. The van der Waals surface area contributed by atoms with Crippen molar-refractivity contribution < 1.29 is 27.5 Å². The summed E-state index contributed by atoms with van der Waals surface area (Å²) in [5.41, 5.74) is 2.05. The summed E-state index contributed by atoms with van der Waals surface area (Å²) < 4.78 is 38.2. The van der Waals surface area contributed by atoms with Crippen LogP contribution >= 0.6 is 0 Å². The van der Waals surface area contributed by atoms with Crippen molar-refractivity contribution in [3.8, 4) is 5.75 Å². The van der Waals surface area contributed by atoms with Gasteiger partial charge >= 0.3 is 0 Å². The Kier molecular flexibility index (Phi) is 6.66. The number of ether oxygens (including phenoxy) is 2. The van der Waals surface area contributed by atoms with E-state index >= 15 is 0 Å². The van der Waals surface area contributed by atoms with E-state index in [-0.39, 0.29) is 22.9 Å². The average molecular weight is 488 g/mol. The summed E-state index contributed by atoms with van der Waals surface area (Å²) in [6.45, 7) is 5.38. The molecule has 4 rings (SSSR count). The van der Waals surface area contributed by atoms with Gasteiger partial charge in [0.1, 0.15) is 5.75 Å². The zero-order valence-corrected chi connectivity index (χ0v) is 20.6.